The first-order chi connectivity index (χ1) is 8.34. The molecule has 1 aliphatic rings. The highest BCUT2D eigenvalue weighted by atomic mass is 16.1. The monoisotopic (exact) mass is 227 g/mol. The summed E-state index contributed by atoms with van der Waals surface area (Å²) in [7, 11) is 0. The number of aromatic nitrogens is 2. The molecular formula is C13H13N3O. The Morgan fingerprint density at radius 2 is 2.06 bits per heavy atom. The first kappa shape index (κ1) is 10.1. The van der Waals surface area contributed by atoms with Crippen LogP contribution in [0.2, 0.25) is 0 Å². The molecule has 0 saturated carbocycles. The number of ketones is 1. The summed E-state index contributed by atoms with van der Waals surface area (Å²) in [4.78, 5) is 11.9. The molecule has 2 heterocycles. The van der Waals surface area contributed by atoms with Gasteiger partial charge in [0.05, 0.1) is 11.3 Å². The molecule has 0 spiro atoms. The van der Waals surface area contributed by atoms with Crippen molar-refractivity contribution in [2.75, 3.05) is 11.9 Å². The number of hydrogen-bond acceptors (Lipinski definition) is 3. The van der Waals surface area contributed by atoms with E-state index in [-0.39, 0.29) is 5.78 Å². The van der Waals surface area contributed by atoms with Crippen LogP contribution in [-0.4, -0.2) is 22.1 Å². The maximum absolute atomic E-state index is 11.9. The lowest BCUT2D eigenvalue weighted by Crippen LogP contribution is -2.01. The summed E-state index contributed by atoms with van der Waals surface area (Å²) in [5, 5.41) is 7.61. The van der Waals surface area contributed by atoms with Crippen LogP contribution in [-0.2, 0) is 0 Å². The van der Waals surface area contributed by atoms with Crippen molar-refractivity contribution in [1.29, 1.82) is 0 Å². The lowest BCUT2D eigenvalue weighted by molar-refractivity contribution is 0.0984. The van der Waals surface area contributed by atoms with Gasteiger partial charge in [-0.25, -0.2) is 4.68 Å². The lowest BCUT2D eigenvalue weighted by Gasteiger charge is -2.00. The lowest BCUT2D eigenvalue weighted by atomic mass is 10.1. The molecule has 0 saturated heterocycles. The van der Waals surface area contributed by atoms with Crippen LogP contribution in [0.1, 0.15) is 23.2 Å². The molecule has 0 radical (unpaired) electrons. The first-order valence-corrected chi connectivity index (χ1v) is 5.77. The summed E-state index contributed by atoms with van der Waals surface area (Å²) in [6, 6.07) is 9.81. The highest BCUT2D eigenvalue weighted by Gasteiger charge is 2.19. The maximum atomic E-state index is 11.9. The van der Waals surface area contributed by atoms with E-state index in [1.165, 1.54) is 0 Å². The molecule has 0 fully saturated rings. The van der Waals surface area contributed by atoms with Crippen LogP contribution in [0.5, 0.6) is 0 Å². The van der Waals surface area contributed by atoms with Crippen molar-refractivity contribution in [3.05, 3.63) is 42.1 Å². The number of fused-ring (bicyclic) bond motifs is 1. The molecule has 0 aliphatic carbocycles. The molecule has 0 amide bonds. The quantitative estimate of drug-likeness (QED) is 0.812. The van der Waals surface area contributed by atoms with E-state index in [0.29, 0.717) is 17.8 Å². The number of para-hydroxylation sites is 1. The van der Waals surface area contributed by atoms with E-state index in [1.54, 1.807) is 4.68 Å². The molecule has 4 heteroatoms. The fraction of sp³-hybridized carbons (Fsp3) is 0.231. The zero-order valence-corrected chi connectivity index (χ0v) is 9.39. The number of hydrogen-bond donors (Lipinski definition) is 1. The number of anilines is 1. The standard InChI is InChI=1S/C13H13N3O/c17-12-7-4-8-14-13-11(12)9-16(15-13)10-5-2-1-3-6-10/h1-3,5-6,9H,4,7-8H2,(H,14,15). The fourth-order valence-electron chi connectivity index (χ4n) is 2.01. The summed E-state index contributed by atoms with van der Waals surface area (Å²) in [5.74, 6) is 0.878. The summed E-state index contributed by atoms with van der Waals surface area (Å²) >= 11 is 0. The van der Waals surface area contributed by atoms with Gasteiger partial charge in [-0.3, -0.25) is 4.79 Å². The number of nitrogens with one attached hydrogen (secondary N) is 1. The van der Waals surface area contributed by atoms with Crippen LogP contribution in [0.3, 0.4) is 0 Å². The van der Waals surface area contributed by atoms with E-state index in [9.17, 15) is 4.79 Å². The van der Waals surface area contributed by atoms with Crippen LogP contribution in [0, 0.1) is 0 Å². The minimum atomic E-state index is 0.173. The predicted molar refractivity (Wildman–Crippen MR) is 65.6 cm³/mol. The van der Waals surface area contributed by atoms with Gasteiger partial charge in [-0.15, -0.1) is 5.10 Å². The van der Waals surface area contributed by atoms with Crippen molar-refractivity contribution in [3.8, 4) is 5.69 Å². The molecule has 1 N–H and O–H groups in total. The Labute approximate surface area is 99.3 Å². The molecular weight excluding hydrogens is 214 g/mol. The zero-order chi connectivity index (χ0) is 11.7. The maximum Gasteiger partial charge on any atom is 0.168 e. The molecule has 0 atom stereocenters. The van der Waals surface area contributed by atoms with Crippen LogP contribution in [0.4, 0.5) is 5.82 Å². The molecule has 1 aromatic carbocycles. The van der Waals surface area contributed by atoms with Gasteiger partial charge < -0.3 is 5.32 Å². The largest absolute Gasteiger partial charge is 0.368 e. The number of rotatable bonds is 1. The Bertz CT molecular complexity index is 545. The zero-order valence-electron chi connectivity index (χ0n) is 9.39. The van der Waals surface area contributed by atoms with Gasteiger partial charge in [0.2, 0.25) is 0 Å². The van der Waals surface area contributed by atoms with Gasteiger partial charge in [0.15, 0.2) is 11.6 Å². The van der Waals surface area contributed by atoms with Crippen LogP contribution in [0.25, 0.3) is 5.69 Å². The Balaban J connectivity index is 2.05. The SMILES string of the molecule is O=C1CCCNc2nn(-c3ccccc3)cc21. The van der Waals surface area contributed by atoms with Crippen LogP contribution in [0.15, 0.2) is 36.5 Å². The molecule has 4 nitrogen and oxygen atoms in total. The average molecular weight is 227 g/mol. The van der Waals surface area contributed by atoms with Crippen molar-refractivity contribution < 1.29 is 4.79 Å². The van der Waals surface area contributed by atoms with Crippen molar-refractivity contribution in [3.63, 3.8) is 0 Å². The van der Waals surface area contributed by atoms with Crippen molar-refractivity contribution >= 4 is 11.6 Å². The summed E-state index contributed by atoms with van der Waals surface area (Å²) in [5.41, 5.74) is 1.67. The second-order valence-electron chi connectivity index (χ2n) is 4.13. The van der Waals surface area contributed by atoms with Gasteiger partial charge in [-0.2, -0.15) is 0 Å². The van der Waals surface area contributed by atoms with Gasteiger partial charge in [0.1, 0.15) is 0 Å². The van der Waals surface area contributed by atoms with Crippen molar-refractivity contribution in [2.24, 2.45) is 0 Å². The van der Waals surface area contributed by atoms with E-state index in [0.717, 1.165) is 18.7 Å². The number of carbonyl (C=O) groups is 1. The molecule has 1 aliphatic heterocycles. The van der Waals surface area contributed by atoms with Crippen molar-refractivity contribution in [1.82, 2.24) is 9.78 Å². The van der Waals surface area contributed by atoms with E-state index in [4.69, 9.17) is 0 Å². The Hall–Kier alpha value is -2.10. The summed E-state index contributed by atoms with van der Waals surface area (Å²) < 4.78 is 1.75. The third kappa shape index (κ3) is 1.82. The topological polar surface area (TPSA) is 46.9 Å². The van der Waals surface area contributed by atoms with E-state index in [2.05, 4.69) is 10.4 Å². The van der Waals surface area contributed by atoms with Crippen LogP contribution < -0.4 is 5.32 Å². The number of Topliss-reactive ketones (excluding diaryl/α,β-unsaturated/α-hetero) is 1. The third-order valence-electron chi connectivity index (χ3n) is 2.91. The minimum Gasteiger partial charge on any atom is -0.368 e. The second-order valence-corrected chi connectivity index (χ2v) is 4.13. The molecule has 1 aromatic heterocycles. The second kappa shape index (κ2) is 4.05. The van der Waals surface area contributed by atoms with Crippen molar-refractivity contribution in [2.45, 2.75) is 12.8 Å². The summed E-state index contributed by atoms with van der Waals surface area (Å²) in [6.07, 6.45) is 3.28. The minimum absolute atomic E-state index is 0.173. The van der Waals surface area contributed by atoms with E-state index in [1.807, 2.05) is 36.5 Å². The van der Waals surface area contributed by atoms with Gasteiger partial charge in [-0.1, -0.05) is 18.2 Å². The Kier molecular flexibility index (Phi) is 2.40. The van der Waals surface area contributed by atoms with Crippen LogP contribution >= 0.6 is 0 Å². The molecule has 86 valence electrons. The number of carbonyl (C=O) groups excluding carboxylic acids is 1. The Morgan fingerprint density at radius 1 is 1.24 bits per heavy atom. The first-order valence-electron chi connectivity index (χ1n) is 5.77. The molecule has 0 unspecified atom stereocenters. The van der Waals surface area contributed by atoms with E-state index >= 15 is 0 Å². The van der Waals surface area contributed by atoms with Gasteiger partial charge in [0, 0.05) is 19.2 Å². The normalized spacial score (nSPS) is 14.9. The van der Waals surface area contributed by atoms with Gasteiger partial charge in [0.25, 0.3) is 0 Å². The summed E-state index contributed by atoms with van der Waals surface area (Å²) in [6.45, 7) is 0.810. The fourth-order valence-corrected chi connectivity index (χ4v) is 2.01. The molecule has 2 aromatic rings. The van der Waals surface area contributed by atoms with E-state index < -0.39 is 0 Å². The van der Waals surface area contributed by atoms with Gasteiger partial charge in [-0.05, 0) is 18.6 Å². The highest BCUT2D eigenvalue weighted by Crippen LogP contribution is 2.21. The highest BCUT2D eigenvalue weighted by molar-refractivity contribution is 6.00. The number of nitrogens with zero attached hydrogens (tertiary/aromatic N) is 2. The average Bonchev–Trinajstić information content (AvgIpc) is 2.72. The number of benzene rings is 1. The third-order valence-corrected chi connectivity index (χ3v) is 2.91. The Morgan fingerprint density at radius 3 is 2.88 bits per heavy atom. The smallest absolute Gasteiger partial charge is 0.168 e. The molecule has 17 heavy (non-hydrogen) atoms. The molecule has 0 bridgehead atoms. The predicted octanol–water partition coefficient (Wildman–Crippen LogP) is 2.26. The van der Waals surface area contributed by atoms with Gasteiger partial charge >= 0.3 is 0 Å². The molecule has 3 rings (SSSR count).